The minimum absolute atomic E-state index is 1.03. The van der Waals surface area contributed by atoms with Crippen LogP contribution in [0.4, 0.5) is 51.2 Å². The van der Waals surface area contributed by atoms with Crippen molar-refractivity contribution in [3.8, 4) is 11.1 Å². The van der Waals surface area contributed by atoms with Crippen LogP contribution >= 0.6 is 11.3 Å². The van der Waals surface area contributed by atoms with Crippen LogP contribution in [0, 0.1) is 0 Å². The van der Waals surface area contributed by atoms with Crippen molar-refractivity contribution in [3.63, 3.8) is 0 Å². The number of hydrogen-bond donors (Lipinski definition) is 0. The lowest BCUT2D eigenvalue weighted by Gasteiger charge is -2.33. The van der Waals surface area contributed by atoms with Crippen LogP contribution < -0.4 is 14.7 Å². The van der Waals surface area contributed by atoms with Gasteiger partial charge in [-0.2, -0.15) is 0 Å². The van der Waals surface area contributed by atoms with Crippen LogP contribution in [0.25, 0.3) is 31.3 Å². The van der Waals surface area contributed by atoms with Crippen molar-refractivity contribution in [2.24, 2.45) is 0 Å². The minimum Gasteiger partial charge on any atom is -0.310 e. The summed E-state index contributed by atoms with van der Waals surface area (Å²) in [7, 11) is 0. The molecule has 276 valence electrons. The van der Waals surface area contributed by atoms with Gasteiger partial charge >= 0.3 is 0 Å². The highest BCUT2D eigenvalue weighted by Crippen LogP contribution is 2.47. The van der Waals surface area contributed by atoms with E-state index in [2.05, 4.69) is 251 Å². The van der Waals surface area contributed by atoms with Crippen LogP contribution in [-0.4, -0.2) is 0 Å². The number of benzene rings is 9. The standard InChI is InChI=1S/C54H39N3S/c1-6-18-40(19-7-1)41-30-32-46(33-31-41)57(47-34-35-54-52(39-47)51-28-16-17-29-53(51)58-54)50-37-48(55(42-20-8-2-9-21-42)43-22-10-3-11-23-43)36-49(38-50)56(44-24-12-4-13-25-44)45-26-14-5-15-27-45/h1-39H. The van der Waals surface area contributed by atoms with Gasteiger partial charge in [0, 0.05) is 54.3 Å². The van der Waals surface area contributed by atoms with Crippen molar-refractivity contribution in [3.05, 3.63) is 237 Å². The Labute approximate surface area is 343 Å². The Bertz CT molecular complexity index is 2750. The van der Waals surface area contributed by atoms with Gasteiger partial charge in [0.25, 0.3) is 0 Å². The third kappa shape index (κ3) is 6.87. The fraction of sp³-hybridized carbons (Fsp3) is 0. The molecule has 0 aliphatic carbocycles. The average Bonchev–Trinajstić information content (AvgIpc) is 3.67. The lowest BCUT2D eigenvalue weighted by molar-refractivity contribution is 1.22. The number of fused-ring (bicyclic) bond motifs is 3. The summed E-state index contributed by atoms with van der Waals surface area (Å²) in [5, 5.41) is 2.53. The summed E-state index contributed by atoms with van der Waals surface area (Å²) in [6, 6.07) is 84.8. The second-order valence-corrected chi connectivity index (χ2v) is 15.3. The molecule has 9 aromatic carbocycles. The summed E-state index contributed by atoms with van der Waals surface area (Å²) >= 11 is 1.84. The number of hydrogen-bond acceptors (Lipinski definition) is 4. The molecule has 1 heterocycles. The summed E-state index contributed by atoms with van der Waals surface area (Å²) in [6.45, 7) is 0. The first-order valence-corrected chi connectivity index (χ1v) is 20.4. The zero-order chi connectivity index (χ0) is 38.7. The van der Waals surface area contributed by atoms with Crippen LogP contribution in [0.5, 0.6) is 0 Å². The molecule has 10 rings (SSSR count). The van der Waals surface area contributed by atoms with Gasteiger partial charge in [-0.05, 0) is 114 Å². The Kier molecular flexibility index (Phi) is 9.44. The van der Waals surface area contributed by atoms with Crippen molar-refractivity contribution >= 4 is 82.7 Å². The molecule has 58 heavy (non-hydrogen) atoms. The van der Waals surface area contributed by atoms with E-state index in [1.807, 2.05) is 11.3 Å². The van der Waals surface area contributed by atoms with Crippen molar-refractivity contribution in [2.75, 3.05) is 14.7 Å². The first-order valence-electron chi connectivity index (χ1n) is 19.6. The molecule has 0 aliphatic rings. The summed E-state index contributed by atoms with van der Waals surface area (Å²) in [6.07, 6.45) is 0. The maximum absolute atomic E-state index is 2.41. The molecule has 0 aliphatic heterocycles. The highest BCUT2D eigenvalue weighted by atomic mass is 32.1. The van der Waals surface area contributed by atoms with E-state index in [1.165, 1.54) is 31.3 Å². The van der Waals surface area contributed by atoms with Crippen LogP contribution in [0.3, 0.4) is 0 Å². The largest absolute Gasteiger partial charge is 0.310 e. The lowest BCUT2D eigenvalue weighted by atomic mass is 10.0. The Hall–Kier alpha value is -7.40. The van der Waals surface area contributed by atoms with E-state index in [4.69, 9.17) is 0 Å². The van der Waals surface area contributed by atoms with Gasteiger partial charge in [0.15, 0.2) is 0 Å². The average molecular weight is 762 g/mol. The molecule has 10 aromatic rings. The van der Waals surface area contributed by atoms with Crippen LogP contribution in [0.2, 0.25) is 0 Å². The molecule has 0 saturated carbocycles. The molecule has 0 amide bonds. The number of anilines is 9. The smallest absolute Gasteiger partial charge is 0.0503 e. The Morgan fingerprint density at radius 3 is 1.05 bits per heavy atom. The molecule has 0 atom stereocenters. The highest BCUT2D eigenvalue weighted by molar-refractivity contribution is 7.25. The van der Waals surface area contributed by atoms with E-state index in [0.717, 1.165) is 51.2 Å². The predicted octanol–water partition coefficient (Wildman–Crippen LogP) is 16.1. The molecule has 0 saturated heterocycles. The Balaban J connectivity index is 1.25. The van der Waals surface area contributed by atoms with Crippen LogP contribution in [0.15, 0.2) is 237 Å². The molecule has 0 fully saturated rings. The van der Waals surface area contributed by atoms with Gasteiger partial charge in [-0.15, -0.1) is 11.3 Å². The zero-order valence-corrected chi connectivity index (χ0v) is 32.6. The fourth-order valence-electron chi connectivity index (χ4n) is 7.90. The first kappa shape index (κ1) is 35.0. The SMILES string of the molecule is c1ccc(-c2ccc(N(c3cc(N(c4ccccc4)c4ccccc4)cc(N(c4ccccc4)c4ccccc4)c3)c3ccc4sc5ccccc5c4c3)cc2)cc1. The molecule has 0 N–H and O–H groups in total. The van der Waals surface area contributed by atoms with Crippen LogP contribution in [0.1, 0.15) is 0 Å². The molecule has 0 radical (unpaired) electrons. The van der Waals surface area contributed by atoms with Crippen LogP contribution in [-0.2, 0) is 0 Å². The van der Waals surface area contributed by atoms with Gasteiger partial charge in [-0.1, -0.05) is 133 Å². The summed E-state index contributed by atoms with van der Waals surface area (Å²) in [5.41, 5.74) is 11.9. The maximum atomic E-state index is 2.41. The quantitative estimate of drug-likeness (QED) is 0.137. The molecule has 0 unspecified atom stereocenters. The molecule has 3 nitrogen and oxygen atoms in total. The highest BCUT2D eigenvalue weighted by Gasteiger charge is 2.23. The van der Waals surface area contributed by atoms with E-state index in [0.29, 0.717) is 0 Å². The van der Waals surface area contributed by atoms with Gasteiger partial charge in [-0.3, -0.25) is 0 Å². The molecule has 0 bridgehead atoms. The fourth-order valence-corrected chi connectivity index (χ4v) is 8.99. The van der Waals surface area contributed by atoms with Gasteiger partial charge in [0.2, 0.25) is 0 Å². The molecule has 4 heteroatoms. The van der Waals surface area contributed by atoms with E-state index >= 15 is 0 Å². The van der Waals surface area contributed by atoms with Crippen molar-refractivity contribution < 1.29 is 0 Å². The van der Waals surface area contributed by atoms with Gasteiger partial charge in [0.1, 0.15) is 0 Å². The number of nitrogens with zero attached hydrogens (tertiary/aromatic N) is 3. The second kappa shape index (κ2) is 15.6. The molecular formula is C54H39N3S. The number of rotatable bonds is 10. The monoisotopic (exact) mass is 761 g/mol. The van der Waals surface area contributed by atoms with E-state index in [1.54, 1.807) is 0 Å². The lowest BCUT2D eigenvalue weighted by Crippen LogP contribution is -2.16. The summed E-state index contributed by atoms with van der Waals surface area (Å²) < 4.78 is 2.57. The maximum Gasteiger partial charge on any atom is 0.0503 e. The normalized spacial score (nSPS) is 11.1. The van der Waals surface area contributed by atoms with Gasteiger partial charge < -0.3 is 14.7 Å². The topological polar surface area (TPSA) is 9.72 Å². The first-order chi connectivity index (χ1) is 28.8. The van der Waals surface area contributed by atoms with E-state index in [-0.39, 0.29) is 0 Å². The third-order valence-electron chi connectivity index (χ3n) is 10.6. The summed E-state index contributed by atoms with van der Waals surface area (Å²) in [4.78, 5) is 7.12. The summed E-state index contributed by atoms with van der Waals surface area (Å²) in [5.74, 6) is 0. The Morgan fingerprint density at radius 2 is 0.569 bits per heavy atom. The number of para-hydroxylation sites is 4. The minimum atomic E-state index is 1.03. The van der Waals surface area contributed by atoms with E-state index < -0.39 is 0 Å². The van der Waals surface area contributed by atoms with Gasteiger partial charge in [-0.25, -0.2) is 0 Å². The van der Waals surface area contributed by atoms with Gasteiger partial charge in [0.05, 0.1) is 17.1 Å². The van der Waals surface area contributed by atoms with Crippen molar-refractivity contribution in [1.29, 1.82) is 0 Å². The van der Waals surface area contributed by atoms with E-state index in [9.17, 15) is 0 Å². The molecule has 0 spiro atoms. The molecule has 1 aromatic heterocycles. The van der Waals surface area contributed by atoms with Crippen molar-refractivity contribution in [2.45, 2.75) is 0 Å². The van der Waals surface area contributed by atoms with Crippen molar-refractivity contribution in [1.82, 2.24) is 0 Å². The number of thiophene rings is 1. The zero-order valence-electron chi connectivity index (χ0n) is 31.8. The third-order valence-corrected chi connectivity index (χ3v) is 11.7. The molecular weight excluding hydrogens is 723 g/mol. The second-order valence-electron chi connectivity index (χ2n) is 14.2. The predicted molar refractivity (Wildman–Crippen MR) is 249 cm³/mol. The Morgan fingerprint density at radius 1 is 0.224 bits per heavy atom.